The van der Waals surface area contributed by atoms with Crippen molar-refractivity contribution in [2.75, 3.05) is 7.11 Å². The van der Waals surface area contributed by atoms with E-state index in [1.807, 2.05) is 0 Å². The van der Waals surface area contributed by atoms with Gasteiger partial charge in [-0.1, -0.05) is 11.6 Å². The molecule has 1 aromatic rings. The summed E-state index contributed by atoms with van der Waals surface area (Å²) in [6, 6.07) is 2.74. The number of aliphatic carboxylic acids is 1. The summed E-state index contributed by atoms with van der Waals surface area (Å²) in [5.41, 5.74) is 6.53. The molecule has 0 aliphatic heterocycles. The van der Waals surface area contributed by atoms with Crippen LogP contribution in [0.1, 0.15) is 43.7 Å². The molecule has 0 aromatic heterocycles. The van der Waals surface area contributed by atoms with E-state index < -0.39 is 12.0 Å². The van der Waals surface area contributed by atoms with Gasteiger partial charge in [0.15, 0.2) is 11.5 Å². The predicted molar refractivity (Wildman–Crippen MR) is 80.1 cm³/mol. The van der Waals surface area contributed by atoms with Crippen molar-refractivity contribution >= 4 is 17.6 Å². The topological polar surface area (TPSA) is 81.8 Å². The highest BCUT2D eigenvalue weighted by Gasteiger charge is 2.22. The van der Waals surface area contributed by atoms with Crippen LogP contribution >= 0.6 is 11.6 Å². The Hall–Kier alpha value is -1.46. The summed E-state index contributed by atoms with van der Waals surface area (Å²) in [5.74, 6) is 0.0512. The number of hydrogen-bond donors (Lipinski definition) is 2. The van der Waals surface area contributed by atoms with E-state index in [1.54, 1.807) is 12.1 Å². The van der Waals surface area contributed by atoms with E-state index in [0.717, 1.165) is 25.7 Å². The molecule has 1 aliphatic rings. The zero-order chi connectivity index (χ0) is 15.4. The van der Waals surface area contributed by atoms with E-state index in [1.165, 1.54) is 7.11 Å². The zero-order valence-electron chi connectivity index (χ0n) is 12.0. The van der Waals surface area contributed by atoms with Crippen LogP contribution in [0.3, 0.4) is 0 Å². The average molecular weight is 314 g/mol. The minimum atomic E-state index is -0.951. The maximum Gasteiger partial charge on any atom is 0.305 e. The van der Waals surface area contributed by atoms with Crippen molar-refractivity contribution < 1.29 is 19.4 Å². The van der Waals surface area contributed by atoms with Crippen molar-refractivity contribution in [2.45, 2.75) is 44.2 Å². The number of carbonyl (C=O) groups is 1. The van der Waals surface area contributed by atoms with E-state index in [4.69, 9.17) is 31.9 Å². The Kier molecular flexibility index (Phi) is 5.31. The number of rotatable bonds is 6. The van der Waals surface area contributed by atoms with Crippen LogP contribution in [-0.4, -0.2) is 24.3 Å². The molecular formula is C15H20ClNO4. The Morgan fingerprint density at radius 1 is 1.48 bits per heavy atom. The van der Waals surface area contributed by atoms with Gasteiger partial charge in [-0.05, 0) is 43.4 Å². The molecule has 1 aliphatic carbocycles. The van der Waals surface area contributed by atoms with Crippen molar-refractivity contribution in [2.24, 2.45) is 5.73 Å². The normalized spacial score (nSPS) is 16.7. The Bertz CT molecular complexity index is 515. The van der Waals surface area contributed by atoms with Crippen LogP contribution in [0.15, 0.2) is 12.1 Å². The summed E-state index contributed by atoms with van der Waals surface area (Å²) in [6.45, 7) is 0. The summed E-state index contributed by atoms with van der Waals surface area (Å²) < 4.78 is 11.2. The second-order valence-corrected chi connectivity index (χ2v) is 5.67. The van der Waals surface area contributed by atoms with Crippen molar-refractivity contribution in [1.82, 2.24) is 0 Å². The lowest BCUT2D eigenvalue weighted by molar-refractivity contribution is -0.137. The molecule has 0 radical (unpaired) electrons. The number of nitrogens with two attached hydrogens (primary N) is 1. The van der Waals surface area contributed by atoms with Gasteiger partial charge >= 0.3 is 5.97 Å². The number of benzene rings is 1. The number of ether oxygens (including phenoxy) is 2. The molecule has 0 spiro atoms. The van der Waals surface area contributed by atoms with Crippen LogP contribution < -0.4 is 15.2 Å². The predicted octanol–water partition coefficient (Wildman–Crippen LogP) is 3.14. The van der Waals surface area contributed by atoms with E-state index in [-0.39, 0.29) is 12.5 Å². The molecule has 116 valence electrons. The summed E-state index contributed by atoms with van der Waals surface area (Å²) in [4.78, 5) is 10.8. The lowest BCUT2D eigenvalue weighted by atomic mass is 10.0. The van der Waals surface area contributed by atoms with Gasteiger partial charge in [0.25, 0.3) is 0 Å². The largest absolute Gasteiger partial charge is 0.491 e. The third-order valence-corrected chi connectivity index (χ3v) is 3.94. The lowest BCUT2D eigenvalue weighted by Gasteiger charge is -2.19. The molecule has 0 bridgehead atoms. The van der Waals surface area contributed by atoms with Crippen molar-refractivity contribution in [3.8, 4) is 11.5 Å². The van der Waals surface area contributed by atoms with E-state index in [9.17, 15) is 4.79 Å². The van der Waals surface area contributed by atoms with Gasteiger partial charge in [0.05, 0.1) is 24.7 Å². The highest BCUT2D eigenvalue weighted by atomic mass is 35.5. The first-order valence-electron chi connectivity index (χ1n) is 7.02. The molecule has 0 heterocycles. The number of methoxy groups -OCH3 is 1. The van der Waals surface area contributed by atoms with Gasteiger partial charge in [0.1, 0.15) is 0 Å². The maximum absolute atomic E-state index is 10.8. The quantitative estimate of drug-likeness (QED) is 0.843. The summed E-state index contributed by atoms with van der Waals surface area (Å²) >= 11 is 6.19. The number of hydrogen-bond acceptors (Lipinski definition) is 4. The monoisotopic (exact) mass is 313 g/mol. The van der Waals surface area contributed by atoms with Crippen LogP contribution in [0.25, 0.3) is 0 Å². The molecule has 1 atom stereocenters. The Balaban J connectivity index is 2.27. The molecule has 3 N–H and O–H groups in total. The minimum Gasteiger partial charge on any atom is -0.491 e. The van der Waals surface area contributed by atoms with Gasteiger partial charge < -0.3 is 20.3 Å². The Labute approximate surface area is 129 Å². The molecule has 0 saturated heterocycles. The molecule has 6 heteroatoms. The highest BCUT2D eigenvalue weighted by molar-refractivity contribution is 6.32. The van der Waals surface area contributed by atoms with E-state index in [0.29, 0.717) is 22.1 Å². The SMILES string of the molecule is COc1c(Cl)cc(C(N)CC(=O)O)cc1OC1CCCC1. The molecule has 5 nitrogen and oxygen atoms in total. The van der Waals surface area contributed by atoms with Crippen LogP contribution in [-0.2, 0) is 4.79 Å². The zero-order valence-corrected chi connectivity index (χ0v) is 12.7. The molecule has 1 saturated carbocycles. The molecule has 1 unspecified atom stereocenters. The standard InChI is InChI=1S/C15H20ClNO4/c1-20-15-11(16)6-9(12(17)8-14(18)19)7-13(15)21-10-4-2-3-5-10/h6-7,10,12H,2-5,8,17H2,1H3,(H,18,19). The number of carboxylic acids is 1. The van der Waals surface area contributed by atoms with Gasteiger partial charge in [0, 0.05) is 6.04 Å². The van der Waals surface area contributed by atoms with Gasteiger partial charge in [0.2, 0.25) is 0 Å². The minimum absolute atomic E-state index is 0.154. The summed E-state index contributed by atoms with van der Waals surface area (Å²) in [5, 5.41) is 9.22. The van der Waals surface area contributed by atoms with Crippen LogP contribution in [0.4, 0.5) is 0 Å². The third kappa shape index (κ3) is 4.02. The molecule has 2 rings (SSSR count). The fourth-order valence-electron chi connectivity index (χ4n) is 2.58. The first kappa shape index (κ1) is 15.9. The number of halogens is 1. The van der Waals surface area contributed by atoms with Gasteiger partial charge in [-0.15, -0.1) is 0 Å². The summed E-state index contributed by atoms with van der Waals surface area (Å²) in [6.07, 6.45) is 4.31. The smallest absolute Gasteiger partial charge is 0.305 e. The lowest BCUT2D eigenvalue weighted by Crippen LogP contribution is -2.16. The van der Waals surface area contributed by atoms with Gasteiger partial charge in [-0.25, -0.2) is 0 Å². The highest BCUT2D eigenvalue weighted by Crippen LogP contribution is 2.39. The van der Waals surface area contributed by atoms with Crippen LogP contribution in [0.5, 0.6) is 11.5 Å². The number of carboxylic acid groups (broad SMARTS) is 1. The van der Waals surface area contributed by atoms with Crippen LogP contribution in [0, 0.1) is 0 Å². The van der Waals surface area contributed by atoms with Crippen molar-refractivity contribution in [3.63, 3.8) is 0 Å². The van der Waals surface area contributed by atoms with Gasteiger partial charge in [-0.3, -0.25) is 4.79 Å². The Morgan fingerprint density at radius 3 is 2.71 bits per heavy atom. The molecule has 21 heavy (non-hydrogen) atoms. The molecular weight excluding hydrogens is 294 g/mol. The first-order chi connectivity index (χ1) is 10.0. The van der Waals surface area contributed by atoms with E-state index in [2.05, 4.69) is 0 Å². The second kappa shape index (κ2) is 7.00. The van der Waals surface area contributed by atoms with Crippen LogP contribution in [0.2, 0.25) is 5.02 Å². The third-order valence-electron chi connectivity index (χ3n) is 3.65. The maximum atomic E-state index is 10.8. The van der Waals surface area contributed by atoms with Crippen molar-refractivity contribution in [3.05, 3.63) is 22.7 Å². The fourth-order valence-corrected chi connectivity index (χ4v) is 2.88. The fraction of sp³-hybridized carbons (Fsp3) is 0.533. The first-order valence-corrected chi connectivity index (χ1v) is 7.40. The average Bonchev–Trinajstić information content (AvgIpc) is 2.90. The Morgan fingerprint density at radius 2 is 2.14 bits per heavy atom. The molecule has 1 fully saturated rings. The molecule has 0 amide bonds. The molecule has 1 aromatic carbocycles. The summed E-state index contributed by atoms with van der Waals surface area (Å²) in [7, 11) is 1.53. The van der Waals surface area contributed by atoms with Gasteiger partial charge in [-0.2, -0.15) is 0 Å². The second-order valence-electron chi connectivity index (χ2n) is 5.26. The van der Waals surface area contributed by atoms with Crippen molar-refractivity contribution in [1.29, 1.82) is 0 Å². The van der Waals surface area contributed by atoms with E-state index >= 15 is 0 Å².